The van der Waals surface area contributed by atoms with Crippen molar-refractivity contribution in [2.45, 2.75) is 25.7 Å². The van der Waals surface area contributed by atoms with Crippen molar-refractivity contribution in [1.29, 1.82) is 5.41 Å². The predicted molar refractivity (Wildman–Crippen MR) is 88.8 cm³/mol. The van der Waals surface area contributed by atoms with Crippen LogP contribution in [-0.2, 0) is 11.3 Å². The molecule has 1 amide bonds. The molecule has 3 heterocycles. The molecule has 25 heavy (non-hydrogen) atoms. The maximum atomic E-state index is 11.0. The summed E-state index contributed by atoms with van der Waals surface area (Å²) in [4.78, 5) is 22.5. The fourth-order valence-electron chi connectivity index (χ4n) is 3.46. The van der Waals surface area contributed by atoms with Crippen LogP contribution in [0.5, 0.6) is 0 Å². The zero-order chi connectivity index (χ0) is 17.6. The van der Waals surface area contributed by atoms with E-state index in [1.807, 2.05) is 0 Å². The number of aliphatic imine (C=N–C) groups is 1. The smallest absolute Gasteiger partial charge is 0.407 e. The van der Waals surface area contributed by atoms with E-state index in [0.717, 1.165) is 17.0 Å². The third kappa shape index (κ3) is 2.76. The molecule has 1 aliphatic carbocycles. The summed E-state index contributed by atoms with van der Waals surface area (Å²) >= 11 is 5.94. The average molecular weight is 365 g/mol. The lowest BCUT2D eigenvalue weighted by Crippen LogP contribution is -2.41. The van der Waals surface area contributed by atoms with Crippen molar-refractivity contribution < 1.29 is 19.2 Å². The minimum absolute atomic E-state index is 0.142. The fourth-order valence-corrected chi connectivity index (χ4v) is 3.62. The molecule has 132 valence electrons. The highest BCUT2D eigenvalue weighted by molar-refractivity contribution is 6.30. The summed E-state index contributed by atoms with van der Waals surface area (Å²) in [6.45, 7) is 0.983. The number of amidine groups is 1. The van der Waals surface area contributed by atoms with Gasteiger partial charge in [0.25, 0.3) is 5.88 Å². The third-order valence-corrected chi connectivity index (χ3v) is 5.16. The summed E-state index contributed by atoms with van der Waals surface area (Å²) in [5.74, 6) is 1.93. The van der Waals surface area contributed by atoms with Crippen LogP contribution in [0.3, 0.4) is 0 Å². The number of carboxylic acid groups (broad SMARTS) is 1. The first kappa shape index (κ1) is 16.0. The summed E-state index contributed by atoms with van der Waals surface area (Å²) in [7, 11) is 0. The van der Waals surface area contributed by atoms with Crippen LogP contribution in [0.1, 0.15) is 30.6 Å². The van der Waals surface area contributed by atoms with Crippen LogP contribution in [0.2, 0.25) is 5.02 Å². The third-order valence-electron chi connectivity index (χ3n) is 4.88. The van der Waals surface area contributed by atoms with Gasteiger partial charge in [0.05, 0.1) is 10.9 Å². The van der Waals surface area contributed by atoms with Crippen molar-refractivity contribution >= 4 is 29.1 Å². The molecule has 8 nitrogen and oxygen atoms in total. The van der Waals surface area contributed by atoms with Crippen LogP contribution in [0.15, 0.2) is 21.6 Å². The molecule has 2 aliphatic heterocycles. The molecule has 0 spiro atoms. The molecular formula is C16H17ClN4O4. The monoisotopic (exact) mass is 364 g/mol. The highest BCUT2D eigenvalue weighted by atomic mass is 35.5. The number of hydroxylamine groups is 1. The normalized spacial score (nSPS) is 23.1. The van der Waals surface area contributed by atoms with Crippen LogP contribution in [0, 0.1) is 11.3 Å². The molecule has 3 aliphatic rings. The standard InChI is InChI=1S/C16H17ClN4O4/c17-11-7-24-13-9(12(11)18)1-2-10(13)15-19-14(20-25-15)8-3-5-21(6-4-8)16(22)23/h7-8,18H,1-6H2,(H,19,20)(H,22,23). The van der Waals surface area contributed by atoms with Gasteiger partial charge in [-0.05, 0) is 25.7 Å². The van der Waals surface area contributed by atoms with Crippen molar-refractivity contribution in [2.75, 3.05) is 13.1 Å². The lowest BCUT2D eigenvalue weighted by Gasteiger charge is -2.29. The second kappa shape index (κ2) is 6.11. The number of rotatable bonds is 1. The number of halogens is 1. The summed E-state index contributed by atoms with van der Waals surface area (Å²) in [5, 5.41) is 17.6. The maximum Gasteiger partial charge on any atom is 0.407 e. The van der Waals surface area contributed by atoms with Gasteiger partial charge in [-0.15, -0.1) is 0 Å². The molecule has 0 radical (unpaired) electrons. The number of carbonyl (C=O) groups is 1. The van der Waals surface area contributed by atoms with Gasteiger partial charge in [0, 0.05) is 24.6 Å². The Hall–Kier alpha value is -2.48. The fraction of sp³-hybridized carbons (Fsp3) is 0.438. The maximum absolute atomic E-state index is 11.0. The number of likely N-dealkylation sites (tertiary alicyclic amines) is 1. The van der Waals surface area contributed by atoms with E-state index in [1.54, 1.807) is 0 Å². The Kier molecular flexibility index (Phi) is 3.91. The Morgan fingerprint density at radius 1 is 1.40 bits per heavy atom. The van der Waals surface area contributed by atoms with Crippen LogP contribution in [-0.4, -0.2) is 35.0 Å². The summed E-state index contributed by atoms with van der Waals surface area (Å²) in [6.07, 6.45) is 3.24. The van der Waals surface area contributed by atoms with Crippen LogP contribution >= 0.6 is 11.6 Å². The van der Waals surface area contributed by atoms with E-state index in [4.69, 9.17) is 31.4 Å². The van der Waals surface area contributed by atoms with Crippen molar-refractivity contribution in [2.24, 2.45) is 10.9 Å². The molecular weight excluding hydrogens is 348 g/mol. The van der Waals surface area contributed by atoms with Gasteiger partial charge in [-0.3, -0.25) is 5.41 Å². The Labute approximate surface area is 148 Å². The number of hydrogen-bond acceptors (Lipinski definition) is 6. The van der Waals surface area contributed by atoms with Gasteiger partial charge < -0.3 is 19.3 Å². The number of piperidine rings is 1. The van der Waals surface area contributed by atoms with Crippen molar-refractivity contribution in [3.05, 3.63) is 33.8 Å². The van der Waals surface area contributed by atoms with Crippen LogP contribution in [0.4, 0.5) is 4.79 Å². The summed E-state index contributed by atoms with van der Waals surface area (Å²) in [5.41, 5.74) is 4.47. The number of hydrogen-bond donors (Lipinski definition) is 3. The van der Waals surface area contributed by atoms with Gasteiger partial charge in [0.2, 0.25) is 0 Å². The second-order valence-electron chi connectivity index (χ2n) is 6.30. The van der Waals surface area contributed by atoms with E-state index in [0.29, 0.717) is 55.4 Å². The Balaban J connectivity index is 1.57. The molecule has 1 fully saturated rings. The largest absolute Gasteiger partial charge is 0.465 e. The zero-order valence-electron chi connectivity index (χ0n) is 13.3. The highest BCUT2D eigenvalue weighted by Crippen LogP contribution is 2.35. The number of amides is 1. The van der Waals surface area contributed by atoms with E-state index in [1.165, 1.54) is 11.2 Å². The van der Waals surface area contributed by atoms with Crippen LogP contribution < -0.4 is 10.8 Å². The molecule has 0 atom stereocenters. The Morgan fingerprint density at radius 3 is 2.88 bits per heavy atom. The first-order chi connectivity index (χ1) is 12.0. The van der Waals surface area contributed by atoms with E-state index in [9.17, 15) is 4.79 Å². The lowest BCUT2D eigenvalue weighted by molar-refractivity contribution is 0.129. The summed E-state index contributed by atoms with van der Waals surface area (Å²) in [6, 6.07) is 0. The topological polar surface area (TPSA) is 111 Å². The molecule has 0 aromatic carbocycles. The number of nitrogens with one attached hydrogen (secondary N) is 2. The minimum atomic E-state index is -0.882. The van der Waals surface area contributed by atoms with E-state index < -0.39 is 6.09 Å². The minimum Gasteiger partial charge on any atom is -0.465 e. The number of nitrogens with zero attached hydrogens (tertiary/aromatic N) is 2. The highest BCUT2D eigenvalue weighted by Gasteiger charge is 2.32. The number of fused-ring (bicyclic) bond motifs is 1. The quantitative estimate of drug-likeness (QED) is 0.708. The van der Waals surface area contributed by atoms with Crippen molar-refractivity contribution in [3.8, 4) is 0 Å². The zero-order valence-corrected chi connectivity index (χ0v) is 14.1. The molecule has 9 heteroatoms. The van der Waals surface area contributed by atoms with E-state index in [-0.39, 0.29) is 11.3 Å². The molecule has 3 N–H and O–H groups in total. The molecule has 1 aromatic rings. The van der Waals surface area contributed by atoms with Gasteiger partial charge in [-0.1, -0.05) is 11.6 Å². The van der Waals surface area contributed by atoms with Gasteiger partial charge >= 0.3 is 6.09 Å². The first-order valence-corrected chi connectivity index (χ1v) is 8.50. The molecule has 1 saturated heterocycles. The molecule has 0 unspecified atom stereocenters. The van der Waals surface area contributed by atoms with Crippen LogP contribution in [0.25, 0.3) is 5.57 Å². The first-order valence-electron chi connectivity index (χ1n) is 8.12. The molecule has 0 saturated carbocycles. The van der Waals surface area contributed by atoms with Gasteiger partial charge in [0.1, 0.15) is 22.9 Å². The molecule has 4 rings (SSSR count). The SMILES string of the molecule is N=c1c(Cl)coc2c1CCC2=C1N=C(C2CCN(C(=O)O)CC2)NO1. The predicted octanol–water partition coefficient (Wildman–Crippen LogP) is 2.35. The Morgan fingerprint density at radius 2 is 2.16 bits per heavy atom. The van der Waals surface area contributed by atoms with Gasteiger partial charge in [-0.2, -0.15) is 4.99 Å². The van der Waals surface area contributed by atoms with E-state index in [2.05, 4.69) is 10.5 Å². The van der Waals surface area contributed by atoms with Gasteiger partial charge in [-0.25, -0.2) is 10.3 Å². The number of allylic oxidation sites excluding steroid dienone is 1. The van der Waals surface area contributed by atoms with E-state index >= 15 is 0 Å². The van der Waals surface area contributed by atoms with Crippen molar-refractivity contribution in [3.63, 3.8) is 0 Å². The lowest BCUT2D eigenvalue weighted by atomic mass is 9.96. The second-order valence-corrected chi connectivity index (χ2v) is 6.70. The molecule has 0 bridgehead atoms. The van der Waals surface area contributed by atoms with Crippen molar-refractivity contribution in [1.82, 2.24) is 10.4 Å². The van der Waals surface area contributed by atoms with Gasteiger partial charge in [0.15, 0.2) is 0 Å². The molecule has 1 aromatic heterocycles. The average Bonchev–Trinajstić information content (AvgIpc) is 3.25. The Bertz CT molecular complexity index is 852. The summed E-state index contributed by atoms with van der Waals surface area (Å²) < 4.78 is 5.57.